The lowest BCUT2D eigenvalue weighted by molar-refractivity contribution is -0.0822. The normalized spacial score (nSPS) is 31.4. The minimum Gasteiger partial charge on any atom is -0.368 e. The second-order valence-electron chi connectivity index (χ2n) is 9.70. The first kappa shape index (κ1) is 19.6. The predicted molar refractivity (Wildman–Crippen MR) is 119 cm³/mol. The van der Waals surface area contributed by atoms with Gasteiger partial charge in [0, 0.05) is 18.1 Å². The molecule has 2 N–H and O–H groups in total. The number of aromatic nitrogens is 2. The molecule has 1 aromatic heterocycles. The Morgan fingerprint density at radius 1 is 1.17 bits per heavy atom. The van der Waals surface area contributed by atoms with Crippen molar-refractivity contribution in [2.75, 3.05) is 17.2 Å². The van der Waals surface area contributed by atoms with Gasteiger partial charge in [-0.2, -0.15) is 10.2 Å². The summed E-state index contributed by atoms with van der Waals surface area (Å²) in [5.41, 5.74) is 1.85. The second-order valence-corrected chi connectivity index (χ2v) is 10.1. The molecule has 0 aliphatic heterocycles. The van der Waals surface area contributed by atoms with Crippen molar-refractivity contribution in [3.63, 3.8) is 0 Å². The van der Waals surface area contributed by atoms with Crippen LogP contribution < -0.4 is 10.6 Å². The van der Waals surface area contributed by atoms with Crippen LogP contribution in [0.1, 0.15) is 50.2 Å². The maximum Gasteiger partial charge on any atom is 0.224 e. The highest BCUT2D eigenvalue weighted by molar-refractivity contribution is 6.31. The van der Waals surface area contributed by atoms with Crippen LogP contribution in [0.5, 0.6) is 0 Å². The van der Waals surface area contributed by atoms with E-state index in [1.165, 1.54) is 32.1 Å². The minimum atomic E-state index is 0.367. The topological polar surface area (TPSA) is 73.6 Å². The van der Waals surface area contributed by atoms with E-state index in [1.54, 1.807) is 6.20 Å². The summed E-state index contributed by atoms with van der Waals surface area (Å²) >= 11 is 6.24. The molecular weight excluding hydrogens is 394 g/mol. The van der Waals surface area contributed by atoms with Crippen molar-refractivity contribution in [3.05, 3.63) is 46.6 Å². The Balaban J connectivity index is 1.29. The quantitative estimate of drug-likeness (QED) is 0.645. The Labute approximate surface area is 183 Å². The van der Waals surface area contributed by atoms with Crippen LogP contribution in [0.25, 0.3) is 0 Å². The smallest absolute Gasteiger partial charge is 0.224 e. The summed E-state index contributed by atoms with van der Waals surface area (Å²) in [6.07, 6.45) is 8.41. The third-order valence-corrected chi connectivity index (χ3v) is 8.17. The zero-order chi connectivity index (χ0) is 20.7. The van der Waals surface area contributed by atoms with E-state index in [2.05, 4.69) is 33.6 Å². The highest BCUT2D eigenvalue weighted by Crippen LogP contribution is 2.62. The molecule has 6 rings (SSSR count). The number of nitriles is 1. The van der Waals surface area contributed by atoms with Crippen LogP contribution in [0, 0.1) is 40.4 Å². The number of halogens is 1. The van der Waals surface area contributed by atoms with Crippen LogP contribution in [0.4, 0.5) is 11.8 Å². The molecule has 4 fully saturated rings. The Kier molecular flexibility index (Phi) is 5.06. The first-order valence-electron chi connectivity index (χ1n) is 11.0. The molecular formula is C24H28ClN5. The molecule has 2 unspecified atom stereocenters. The summed E-state index contributed by atoms with van der Waals surface area (Å²) in [5, 5.41) is 17.0. The van der Waals surface area contributed by atoms with E-state index in [1.807, 2.05) is 24.3 Å². The van der Waals surface area contributed by atoms with Crippen LogP contribution in [-0.4, -0.2) is 16.5 Å². The van der Waals surface area contributed by atoms with Gasteiger partial charge in [-0.3, -0.25) is 0 Å². The molecule has 5 nitrogen and oxygen atoms in total. The molecule has 4 saturated carbocycles. The number of anilines is 2. The number of nitrogens with one attached hydrogen (secondary N) is 2. The molecule has 1 aromatic carbocycles. The van der Waals surface area contributed by atoms with Crippen LogP contribution in [0.15, 0.2) is 30.5 Å². The molecule has 0 amide bonds. The van der Waals surface area contributed by atoms with Crippen LogP contribution in [0.2, 0.25) is 5.02 Å². The monoisotopic (exact) mass is 421 g/mol. The third-order valence-electron chi connectivity index (χ3n) is 7.81. The van der Waals surface area contributed by atoms with E-state index in [0.29, 0.717) is 34.3 Å². The molecule has 4 aliphatic carbocycles. The Morgan fingerprint density at radius 3 is 2.67 bits per heavy atom. The van der Waals surface area contributed by atoms with Crippen molar-refractivity contribution < 1.29 is 0 Å². The Morgan fingerprint density at radius 2 is 1.93 bits per heavy atom. The number of rotatable bonds is 6. The second kappa shape index (κ2) is 7.74. The number of hydrogen-bond donors (Lipinski definition) is 2. The van der Waals surface area contributed by atoms with Gasteiger partial charge < -0.3 is 10.6 Å². The van der Waals surface area contributed by atoms with E-state index in [-0.39, 0.29) is 0 Å². The molecule has 1 heterocycles. The summed E-state index contributed by atoms with van der Waals surface area (Å²) in [7, 11) is 0. The van der Waals surface area contributed by atoms with E-state index < -0.39 is 0 Å². The van der Waals surface area contributed by atoms with Crippen LogP contribution in [0.3, 0.4) is 0 Å². The molecule has 30 heavy (non-hydrogen) atoms. The lowest BCUT2D eigenvalue weighted by Crippen LogP contribution is -2.52. The van der Waals surface area contributed by atoms with Crippen molar-refractivity contribution in [3.8, 4) is 6.07 Å². The van der Waals surface area contributed by atoms with Gasteiger partial charge in [-0.1, -0.05) is 36.7 Å². The van der Waals surface area contributed by atoms with Crippen molar-refractivity contribution in [2.24, 2.45) is 29.1 Å². The molecule has 2 aromatic rings. The zero-order valence-electron chi connectivity index (χ0n) is 17.4. The van der Waals surface area contributed by atoms with Crippen LogP contribution >= 0.6 is 11.6 Å². The number of hydrogen-bond acceptors (Lipinski definition) is 5. The van der Waals surface area contributed by atoms with Gasteiger partial charge in [0.15, 0.2) is 0 Å². The Hall–Kier alpha value is -2.32. The number of nitrogens with zero attached hydrogens (tertiary/aromatic N) is 3. The SMILES string of the molecule is CC1C2CC3CC1CC(CNc1nc(NCc4ccccc4Cl)ncc1C#N)(C3)C2. The molecule has 0 spiro atoms. The highest BCUT2D eigenvalue weighted by Gasteiger charge is 2.53. The molecule has 156 valence electrons. The van der Waals surface area contributed by atoms with Gasteiger partial charge in [-0.05, 0) is 72.8 Å². The van der Waals surface area contributed by atoms with Crippen molar-refractivity contribution in [1.82, 2.24) is 9.97 Å². The van der Waals surface area contributed by atoms with E-state index in [4.69, 9.17) is 11.6 Å². The van der Waals surface area contributed by atoms with Gasteiger partial charge >= 0.3 is 0 Å². The summed E-state index contributed by atoms with van der Waals surface area (Å²) in [6, 6.07) is 9.96. The third kappa shape index (κ3) is 3.63. The summed E-state index contributed by atoms with van der Waals surface area (Å²) in [4.78, 5) is 8.93. The van der Waals surface area contributed by atoms with Gasteiger partial charge in [0.2, 0.25) is 5.95 Å². The zero-order valence-corrected chi connectivity index (χ0v) is 18.1. The summed E-state index contributed by atoms with van der Waals surface area (Å²) < 4.78 is 0. The fraction of sp³-hybridized carbons (Fsp3) is 0.542. The van der Waals surface area contributed by atoms with Gasteiger partial charge in [0.05, 0.1) is 6.20 Å². The molecule has 0 saturated heterocycles. The van der Waals surface area contributed by atoms with Gasteiger partial charge in [0.1, 0.15) is 17.5 Å². The maximum atomic E-state index is 9.54. The van der Waals surface area contributed by atoms with Gasteiger partial charge in [-0.15, -0.1) is 0 Å². The predicted octanol–water partition coefficient (Wildman–Crippen LogP) is 5.49. The lowest BCUT2D eigenvalue weighted by Gasteiger charge is -2.59. The molecule has 2 atom stereocenters. The summed E-state index contributed by atoms with van der Waals surface area (Å²) in [6.45, 7) is 3.90. The highest BCUT2D eigenvalue weighted by atomic mass is 35.5. The molecule has 4 bridgehead atoms. The first-order valence-corrected chi connectivity index (χ1v) is 11.4. The van der Waals surface area contributed by atoms with Crippen molar-refractivity contribution in [2.45, 2.75) is 45.6 Å². The average molecular weight is 422 g/mol. The largest absolute Gasteiger partial charge is 0.368 e. The van der Waals surface area contributed by atoms with E-state index >= 15 is 0 Å². The van der Waals surface area contributed by atoms with E-state index in [0.717, 1.165) is 35.8 Å². The molecule has 4 aliphatic rings. The maximum absolute atomic E-state index is 9.54. The first-order chi connectivity index (χ1) is 14.5. The fourth-order valence-corrected chi connectivity index (χ4v) is 6.64. The molecule has 6 heteroatoms. The van der Waals surface area contributed by atoms with Crippen LogP contribution in [-0.2, 0) is 6.54 Å². The minimum absolute atomic E-state index is 0.367. The fourth-order valence-electron chi connectivity index (χ4n) is 6.43. The standard InChI is InChI=1S/C24H28ClN5/c1-15-18-6-16-7-19(15)10-24(8-16,9-18)14-29-22-20(11-26)13-28-23(30-22)27-12-17-4-2-3-5-21(17)25/h2-5,13,15-16,18-19H,6-10,12,14H2,1H3,(H2,27,28,29,30). The van der Waals surface area contributed by atoms with Gasteiger partial charge in [-0.25, -0.2) is 4.98 Å². The van der Waals surface area contributed by atoms with Gasteiger partial charge in [0.25, 0.3) is 0 Å². The summed E-state index contributed by atoms with van der Waals surface area (Å²) in [5.74, 6) is 4.69. The van der Waals surface area contributed by atoms with Crippen molar-refractivity contribution >= 4 is 23.4 Å². The molecule has 0 radical (unpaired) electrons. The Bertz CT molecular complexity index is 968. The average Bonchev–Trinajstić information content (AvgIpc) is 2.75. The lowest BCUT2D eigenvalue weighted by atomic mass is 9.46. The van der Waals surface area contributed by atoms with E-state index in [9.17, 15) is 5.26 Å². The number of benzene rings is 1. The van der Waals surface area contributed by atoms with Crippen molar-refractivity contribution in [1.29, 1.82) is 5.26 Å².